The first-order valence-corrected chi connectivity index (χ1v) is 16.1. The number of nitrogens with zero attached hydrogens (tertiary/aromatic N) is 5. The van der Waals surface area contributed by atoms with Gasteiger partial charge in [-0.15, -0.1) is 0 Å². The monoisotopic (exact) mass is 685 g/mol. The van der Waals surface area contributed by atoms with E-state index in [1.165, 1.54) is 6.07 Å². The second-order valence-electron chi connectivity index (χ2n) is 12.1. The smallest absolute Gasteiger partial charge is 0.420 e. The van der Waals surface area contributed by atoms with Crippen molar-refractivity contribution in [2.45, 2.75) is 44.1 Å². The number of phenolic OH excluding ortho intramolecular Hbond substituents is 1. The van der Waals surface area contributed by atoms with Gasteiger partial charge in [-0.25, -0.2) is 9.59 Å². The van der Waals surface area contributed by atoms with Crippen LogP contribution in [0.25, 0.3) is 0 Å². The number of aromatic hydroxyl groups is 1. The summed E-state index contributed by atoms with van der Waals surface area (Å²) < 4.78 is 41.0. The fourth-order valence-electron chi connectivity index (χ4n) is 6.52. The zero-order chi connectivity index (χ0) is 34.0. The van der Waals surface area contributed by atoms with Crippen LogP contribution in [0.3, 0.4) is 0 Å². The fraction of sp³-hybridized carbons (Fsp3) is 0.394. The van der Waals surface area contributed by atoms with Crippen molar-refractivity contribution < 1.29 is 32.7 Å². The van der Waals surface area contributed by atoms with E-state index in [9.17, 15) is 32.7 Å². The van der Waals surface area contributed by atoms with Gasteiger partial charge in [-0.1, -0.05) is 29.8 Å². The number of fused-ring (bicyclic) bond motifs is 1. The molecule has 0 radical (unpaired) electrons. The summed E-state index contributed by atoms with van der Waals surface area (Å²) in [6, 6.07) is 11.2. The maximum absolute atomic E-state index is 13.9. The highest BCUT2D eigenvalue weighted by atomic mass is 35.5. The predicted molar refractivity (Wildman–Crippen MR) is 173 cm³/mol. The molecule has 254 valence electrons. The highest BCUT2D eigenvalue weighted by Gasteiger charge is 2.37. The average molecular weight is 686 g/mol. The SMILES string of the molecule is O=C(NC(Cc1cc(Cl)c(O)c(C(F)(F)F)c1)C(=O)N1CCN(c2ccncc2)CC1)N1CCC(N2Cc3ccccc3NC2=O)CC1. The molecule has 0 aliphatic carbocycles. The molecule has 15 heteroatoms. The first-order valence-electron chi connectivity index (χ1n) is 15.7. The van der Waals surface area contributed by atoms with Crippen molar-refractivity contribution in [3.05, 3.63) is 82.6 Å². The molecular weight excluding hydrogens is 651 g/mol. The van der Waals surface area contributed by atoms with E-state index in [4.69, 9.17) is 11.6 Å². The number of carbonyl (C=O) groups excluding carboxylic acids is 3. The van der Waals surface area contributed by atoms with Gasteiger partial charge in [-0.3, -0.25) is 9.78 Å². The Labute approximate surface area is 280 Å². The van der Waals surface area contributed by atoms with Crippen LogP contribution in [0, 0.1) is 0 Å². The van der Waals surface area contributed by atoms with Crippen molar-refractivity contribution in [2.24, 2.45) is 0 Å². The van der Waals surface area contributed by atoms with Crippen molar-refractivity contribution in [3.8, 4) is 5.75 Å². The summed E-state index contributed by atoms with van der Waals surface area (Å²) in [6.45, 7) is 2.80. The molecule has 0 saturated carbocycles. The zero-order valence-corrected chi connectivity index (χ0v) is 26.7. The number of likely N-dealkylation sites (tertiary alicyclic amines) is 1. The quantitative estimate of drug-likeness (QED) is 0.338. The van der Waals surface area contributed by atoms with E-state index in [2.05, 4.69) is 20.5 Å². The minimum Gasteiger partial charge on any atom is -0.506 e. The van der Waals surface area contributed by atoms with E-state index in [0.717, 1.165) is 23.0 Å². The van der Waals surface area contributed by atoms with Crippen LogP contribution >= 0.6 is 11.6 Å². The number of rotatable bonds is 6. The summed E-state index contributed by atoms with van der Waals surface area (Å²) in [4.78, 5) is 51.3. The molecule has 48 heavy (non-hydrogen) atoms. The number of hydrogen-bond acceptors (Lipinski definition) is 6. The van der Waals surface area contributed by atoms with Gasteiger partial charge >= 0.3 is 18.2 Å². The molecule has 1 atom stereocenters. The van der Waals surface area contributed by atoms with Crippen molar-refractivity contribution >= 4 is 40.9 Å². The second-order valence-corrected chi connectivity index (χ2v) is 12.5. The van der Waals surface area contributed by atoms with Crippen molar-refractivity contribution in [1.82, 2.24) is 25.0 Å². The highest BCUT2D eigenvalue weighted by Crippen LogP contribution is 2.40. The average Bonchev–Trinajstić information content (AvgIpc) is 3.09. The number of hydrogen-bond donors (Lipinski definition) is 3. The van der Waals surface area contributed by atoms with Crippen molar-refractivity contribution in [2.75, 3.05) is 49.5 Å². The molecule has 11 nitrogen and oxygen atoms in total. The minimum atomic E-state index is -4.88. The van der Waals surface area contributed by atoms with Crippen LogP contribution in [0.4, 0.5) is 34.1 Å². The molecule has 4 heterocycles. The number of urea groups is 2. The van der Waals surface area contributed by atoms with Crippen LogP contribution < -0.4 is 15.5 Å². The second kappa shape index (κ2) is 13.8. The fourth-order valence-corrected chi connectivity index (χ4v) is 6.77. The third kappa shape index (κ3) is 7.23. The number of halogens is 4. The summed E-state index contributed by atoms with van der Waals surface area (Å²) in [5.41, 5.74) is 1.45. The third-order valence-electron chi connectivity index (χ3n) is 9.14. The Morgan fingerprint density at radius 3 is 2.38 bits per heavy atom. The number of aromatic nitrogens is 1. The van der Waals surface area contributed by atoms with Gasteiger partial charge in [0.05, 0.1) is 10.6 Å². The Morgan fingerprint density at radius 1 is 1.00 bits per heavy atom. The molecule has 3 N–H and O–H groups in total. The zero-order valence-electron chi connectivity index (χ0n) is 25.9. The molecule has 1 aromatic heterocycles. The van der Waals surface area contributed by atoms with Gasteiger partial charge in [0.2, 0.25) is 5.91 Å². The molecule has 0 bridgehead atoms. The number of amides is 5. The number of piperazine rings is 1. The molecule has 3 aromatic rings. The molecule has 0 spiro atoms. The molecule has 1 unspecified atom stereocenters. The summed E-state index contributed by atoms with van der Waals surface area (Å²) >= 11 is 5.97. The maximum Gasteiger partial charge on any atom is 0.420 e. The van der Waals surface area contributed by atoms with Gasteiger partial charge in [0.15, 0.2) is 0 Å². The number of nitrogens with one attached hydrogen (secondary N) is 2. The molecule has 3 aliphatic rings. The van der Waals surface area contributed by atoms with Gasteiger partial charge in [-0.2, -0.15) is 13.2 Å². The van der Waals surface area contributed by atoms with E-state index >= 15 is 0 Å². The van der Waals surface area contributed by atoms with Crippen LogP contribution in [-0.4, -0.2) is 94.1 Å². The van der Waals surface area contributed by atoms with Crippen molar-refractivity contribution in [1.29, 1.82) is 0 Å². The molecule has 2 saturated heterocycles. The van der Waals surface area contributed by atoms with E-state index < -0.39 is 40.5 Å². The number of benzene rings is 2. The Balaban J connectivity index is 1.14. The summed E-state index contributed by atoms with van der Waals surface area (Å²) in [5.74, 6) is -1.53. The summed E-state index contributed by atoms with van der Waals surface area (Å²) in [6.07, 6.45) is -0.767. The van der Waals surface area contributed by atoms with E-state index in [1.807, 2.05) is 36.4 Å². The lowest BCUT2D eigenvalue weighted by molar-refractivity contribution is -0.138. The Hall–Kier alpha value is -4.72. The van der Waals surface area contributed by atoms with Crippen LogP contribution in [0.15, 0.2) is 60.9 Å². The van der Waals surface area contributed by atoms with Crippen molar-refractivity contribution in [3.63, 3.8) is 0 Å². The molecule has 2 fully saturated rings. The number of anilines is 2. The van der Waals surface area contributed by atoms with Crippen LogP contribution in [0.2, 0.25) is 5.02 Å². The van der Waals surface area contributed by atoms with Crippen LogP contribution in [0.5, 0.6) is 5.75 Å². The number of alkyl halides is 3. The number of phenols is 1. The van der Waals surface area contributed by atoms with Crippen LogP contribution in [-0.2, 0) is 23.9 Å². The van der Waals surface area contributed by atoms with Gasteiger partial charge in [0.25, 0.3) is 0 Å². The Bertz CT molecular complexity index is 1660. The van der Waals surface area contributed by atoms with Gasteiger partial charge in [0.1, 0.15) is 11.8 Å². The minimum absolute atomic E-state index is 0.0364. The van der Waals surface area contributed by atoms with Gasteiger partial charge in [-0.05, 0) is 54.3 Å². The maximum atomic E-state index is 13.9. The number of carbonyl (C=O) groups is 3. The first kappa shape index (κ1) is 33.2. The summed E-state index contributed by atoms with van der Waals surface area (Å²) in [5, 5.41) is 15.2. The Morgan fingerprint density at radius 2 is 1.69 bits per heavy atom. The largest absolute Gasteiger partial charge is 0.506 e. The van der Waals surface area contributed by atoms with Gasteiger partial charge < -0.3 is 35.3 Å². The standard InChI is InChI=1S/C33H35ClF3N7O4/c34-26-18-21(17-25(29(26)45)33(35,36)37)19-28(30(46)42-15-13-41(14-16-42)23-5-9-38-10-6-23)40-31(47)43-11-7-24(8-12-43)44-20-22-3-1-2-4-27(22)39-32(44)48/h1-6,9-10,17-18,24,28,45H,7-8,11-16,19-20H2,(H,39,48)(H,40,47). The third-order valence-corrected chi connectivity index (χ3v) is 9.42. The Kier molecular flexibility index (Phi) is 9.54. The lowest BCUT2D eigenvalue weighted by Gasteiger charge is -2.41. The van der Waals surface area contributed by atoms with E-state index in [-0.39, 0.29) is 24.1 Å². The number of para-hydroxylation sites is 1. The van der Waals surface area contributed by atoms with Gasteiger partial charge in [0, 0.05) is 82.0 Å². The predicted octanol–water partition coefficient (Wildman–Crippen LogP) is 4.94. The summed E-state index contributed by atoms with van der Waals surface area (Å²) in [7, 11) is 0. The molecule has 5 amide bonds. The number of piperidine rings is 1. The van der Waals surface area contributed by atoms with E-state index in [0.29, 0.717) is 58.7 Å². The highest BCUT2D eigenvalue weighted by molar-refractivity contribution is 6.32. The molecule has 6 rings (SSSR count). The normalized spacial score (nSPS) is 17.9. The topological polar surface area (TPSA) is 121 Å². The molecule has 2 aromatic carbocycles. The lowest BCUT2D eigenvalue weighted by Crippen LogP contribution is -2.58. The van der Waals surface area contributed by atoms with Crippen LogP contribution in [0.1, 0.15) is 29.5 Å². The van der Waals surface area contributed by atoms with E-state index in [1.54, 1.807) is 27.1 Å². The first-order chi connectivity index (χ1) is 23.0. The molecule has 3 aliphatic heterocycles. The lowest BCUT2D eigenvalue weighted by atomic mass is 10.00. The molecular formula is C33H35ClF3N7O4. The number of pyridine rings is 1.